The van der Waals surface area contributed by atoms with Crippen LogP contribution in [-0.2, 0) is 9.53 Å². The third kappa shape index (κ3) is 4.69. The van der Waals surface area contributed by atoms with Crippen LogP contribution in [0.25, 0.3) is 0 Å². The van der Waals surface area contributed by atoms with Crippen LogP contribution in [0.1, 0.15) is 36.5 Å². The first-order valence-corrected chi connectivity index (χ1v) is 8.13. The molecule has 1 saturated heterocycles. The minimum atomic E-state index is -5.02. The second kappa shape index (κ2) is 8.13. The summed E-state index contributed by atoms with van der Waals surface area (Å²) >= 11 is 0. The molecule has 1 amide bonds. The maximum absolute atomic E-state index is 12.4. The fraction of sp³-hybridized carbons (Fsp3) is 0.444. The van der Waals surface area contributed by atoms with Crippen LogP contribution in [0.5, 0.6) is 0 Å². The number of carbonyl (C=O) groups excluding carboxylic acids is 2. The second-order valence-electron chi connectivity index (χ2n) is 6.00. The van der Waals surface area contributed by atoms with Crippen molar-refractivity contribution in [3.63, 3.8) is 0 Å². The number of benzene rings is 1. The van der Waals surface area contributed by atoms with Crippen molar-refractivity contribution in [1.29, 1.82) is 0 Å². The van der Waals surface area contributed by atoms with E-state index in [1.807, 2.05) is 11.8 Å². The smallest absolute Gasteiger partial charge is 0.449 e. The molecule has 5 nitrogen and oxygen atoms in total. The molecule has 8 heteroatoms. The van der Waals surface area contributed by atoms with Crippen molar-refractivity contribution in [2.24, 2.45) is 0 Å². The summed E-state index contributed by atoms with van der Waals surface area (Å²) in [5, 5.41) is 1.74. The van der Waals surface area contributed by atoms with Gasteiger partial charge in [0.25, 0.3) is 0 Å². The number of terminal acetylenes is 1. The highest BCUT2D eigenvalue weighted by Gasteiger charge is 2.38. The number of rotatable bonds is 4. The number of hydrogen-bond donors (Lipinski definition) is 1. The number of alkyl halides is 3. The van der Waals surface area contributed by atoms with E-state index in [4.69, 9.17) is 11.2 Å². The molecule has 1 aliphatic rings. The lowest BCUT2D eigenvalue weighted by Crippen LogP contribution is -2.38. The van der Waals surface area contributed by atoms with Crippen LogP contribution in [0.2, 0.25) is 0 Å². The lowest BCUT2D eigenvalue weighted by atomic mass is 10.0. The number of anilines is 2. The average Bonchev–Trinajstić information content (AvgIpc) is 2.59. The van der Waals surface area contributed by atoms with Crippen LogP contribution >= 0.6 is 0 Å². The lowest BCUT2D eigenvalue weighted by Gasteiger charge is -2.36. The largest absolute Gasteiger partial charge is 0.471 e. The zero-order valence-corrected chi connectivity index (χ0v) is 14.2. The zero-order chi connectivity index (χ0) is 19.3. The third-order valence-corrected chi connectivity index (χ3v) is 4.13. The highest BCUT2D eigenvalue weighted by molar-refractivity contribution is 6.00. The molecule has 26 heavy (non-hydrogen) atoms. The second-order valence-corrected chi connectivity index (χ2v) is 6.00. The first kappa shape index (κ1) is 19.6. The molecule has 0 radical (unpaired) electrons. The van der Waals surface area contributed by atoms with Gasteiger partial charge in [0.05, 0.1) is 11.3 Å². The minimum absolute atomic E-state index is 0.0639. The number of halogens is 3. The molecule has 1 aromatic carbocycles. The van der Waals surface area contributed by atoms with Crippen molar-refractivity contribution in [3.05, 3.63) is 23.8 Å². The van der Waals surface area contributed by atoms with Crippen LogP contribution in [0.4, 0.5) is 24.5 Å². The Morgan fingerprint density at radius 1 is 1.38 bits per heavy atom. The van der Waals surface area contributed by atoms with Gasteiger partial charge in [-0.25, -0.2) is 4.79 Å². The standard InChI is InChI=1S/C18H19F3N2O3/c1-3-10-26-16(24)14-11-13(22-17(25)18(19,20)21)7-8-15(14)23-9-5-4-6-12(23)2/h1,7-8,11-12H,4-6,9-10H2,2H3,(H,22,25)/t12-/m0/s1. The maximum atomic E-state index is 12.4. The SMILES string of the molecule is C#CCOC(=O)c1cc(NC(=O)C(F)(F)F)ccc1N1CCCC[C@@H]1C. The van der Waals surface area contributed by atoms with E-state index in [0.717, 1.165) is 19.3 Å². The molecule has 1 atom stereocenters. The number of hydrogen-bond acceptors (Lipinski definition) is 4. The Bertz CT molecular complexity index is 725. The van der Waals surface area contributed by atoms with E-state index >= 15 is 0 Å². The topological polar surface area (TPSA) is 58.6 Å². The Morgan fingerprint density at radius 3 is 2.73 bits per heavy atom. The molecule has 1 fully saturated rings. The molecule has 1 aromatic rings. The highest BCUT2D eigenvalue weighted by atomic mass is 19.4. The molecule has 0 aromatic heterocycles. The van der Waals surface area contributed by atoms with E-state index in [1.54, 1.807) is 5.32 Å². The van der Waals surface area contributed by atoms with Crippen molar-refractivity contribution < 1.29 is 27.5 Å². The predicted molar refractivity (Wildman–Crippen MR) is 90.9 cm³/mol. The fourth-order valence-electron chi connectivity index (χ4n) is 2.87. The Labute approximate surface area is 149 Å². The molecular weight excluding hydrogens is 349 g/mol. The molecule has 1 aliphatic heterocycles. The lowest BCUT2D eigenvalue weighted by molar-refractivity contribution is -0.167. The zero-order valence-electron chi connectivity index (χ0n) is 14.2. The third-order valence-electron chi connectivity index (χ3n) is 4.13. The molecule has 1 N–H and O–H groups in total. The number of esters is 1. The van der Waals surface area contributed by atoms with Gasteiger partial charge in [0.15, 0.2) is 6.61 Å². The van der Waals surface area contributed by atoms with E-state index in [9.17, 15) is 22.8 Å². The van der Waals surface area contributed by atoms with Crippen LogP contribution in [-0.4, -0.2) is 37.2 Å². The van der Waals surface area contributed by atoms with E-state index in [2.05, 4.69) is 5.92 Å². The maximum Gasteiger partial charge on any atom is 0.471 e. The molecule has 2 rings (SSSR count). The summed E-state index contributed by atoms with van der Waals surface area (Å²) in [5.74, 6) is -0.695. The number of carbonyl (C=O) groups is 2. The molecule has 0 saturated carbocycles. The number of ether oxygens (including phenoxy) is 1. The monoisotopic (exact) mass is 368 g/mol. The molecular formula is C18H19F3N2O3. The number of amides is 1. The quantitative estimate of drug-likeness (QED) is 0.654. The van der Waals surface area contributed by atoms with E-state index in [0.29, 0.717) is 12.2 Å². The fourth-order valence-corrected chi connectivity index (χ4v) is 2.87. The van der Waals surface area contributed by atoms with Gasteiger partial charge in [0.1, 0.15) is 0 Å². The van der Waals surface area contributed by atoms with Gasteiger partial charge in [-0.15, -0.1) is 6.42 Å². The van der Waals surface area contributed by atoms with Gasteiger partial charge in [-0.2, -0.15) is 13.2 Å². The van der Waals surface area contributed by atoms with Crippen molar-refractivity contribution >= 4 is 23.3 Å². The van der Waals surface area contributed by atoms with E-state index in [1.165, 1.54) is 18.2 Å². The van der Waals surface area contributed by atoms with Gasteiger partial charge in [0.2, 0.25) is 0 Å². The number of nitrogens with one attached hydrogen (secondary N) is 1. The van der Waals surface area contributed by atoms with Crippen molar-refractivity contribution in [2.75, 3.05) is 23.4 Å². The summed E-state index contributed by atoms with van der Waals surface area (Å²) in [7, 11) is 0. The first-order valence-electron chi connectivity index (χ1n) is 8.13. The minimum Gasteiger partial charge on any atom is -0.449 e. The summed E-state index contributed by atoms with van der Waals surface area (Å²) in [4.78, 5) is 25.5. The van der Waals surface area contributed by atoms with Crippen LogP contribution in [0.3, 0.4) is 0 Å². The predicted octanol–water partition coefficient (Wildman–Crippen LogP) is 3.36. The molecule has 1 heterocycles. The van der Waals surface area contributed by atoms with Crippen LogP contribution < -0.4 is 10.2 Å². The van der Waals surface area contributed by atoms with Gasteiger partial charge in [-0.3, -0.25) is 4.79 Å². The molecule has 0 aliphatic carbocycles. The Hall–Kier alpha value is -2.69. The van der Waals surface area contributed by atoms with E-state index in [-0.39, 0.29) is 23.9 Å². The van der Waals surface area contributed by atoms with Crippen LogP contribution in [0.15, 0.2) is 18.2 Å². The summed E-state index contributed by atoms with van der Waals surface area (Å²) in [6.07, 6.45) is 3.00. The van der Waals surface area contributed by atoms with Crippen molar-refractivity contribution in [1.82, 2.24) is 0 Å². The molecule has 0 spiro atoms. The van der Waals surface area contributed by atoms with Crippen LogP contribution in [0, 0.1) is 12.3 Å². The Balaban J connectivity index is 2.36. The Kier molecular flexibility index (Phi) is 6.14. The highest BCUT2D eigenvalue weighted by Crippen LogP contribution is 2.31. The molecule has 0 unspecified atom stereocenters. The van der Waals surface area contributed by atoms with Gasteiger partial charge in [-0.1, -0.05) is 5.92 Å². The van der Waals surface area contributed by atoms with Gasteiger partial charge in [-0.05, 0) is 44.4 Å². The van der Waals surface area contributed by atoms with Gasteiger partial charge < -0.3 is 15.0 Å². The Morgan fingerprint density at radius 2 is 2.12 bits per heavy atom. The molecule has 140 valence electrons. The number of piperidine rings is 1. The first-order chi connectivity index (χ1) is 12.2. The van der Waals surface area contributed by atoms with Crippen molar-refractivity contribution in [2.45, 2.75) is 38.4 Å². The summed E-state index contributed by atoms with van der Waals surface area (Å²) in [6.45, 7) is 2.47. The van der Waals surface area contributed by atoms with E-state index < -0.39 is 18.1 Å². The normalized spacial score (nSPS) is 17.3. The van der Waals surface area contributed by atoms with Crippen molar-refractivity contribution in [3.8, 4) is 12.3 Å². The van der Waals surface area contributed by atoms with Gasteiger partial charge >= 0.3 is 18.1 Å². The summed E-state index contributed by atoms with van der Waals surface area (Å²) in [6, 6.07) is 4.19. The summed E-state index contributed by atoms with van der Waals surface area (Å²) in [5.41, 5.74) is 0.464. The van der Waals surface area contributed by atoms with Gasteiger partial charge in [0, 0.05) is 18.3 Å². The summed E-state index contributed by atoms with van der Waals surface area (Å²) < 4.78 is 42.3. The average molecular weight is 368 g/mol. The molecule has 0 bridgehead atoms. The number of nitrogens with zero attached hydrogens (tertiary/aromatic N) is 1.